The first-order valence-corrected chi connectivity index (χ1v) is 3.18. The molecule has 0 N–H and O–H groups in total. The van der Waals surface area contributed by atoms with Gasteiger partial charge in [-0.2, -0.15) is 0 Å². The average Bonchev–Trinajstić information content (AvgIpc) is 2.40. The van der Waals surface area contributed by atoms with Crippen molar-refractivity contribution in [3.05, 3.63) is 31.1 Å². The van der Waals surface area contributed by atoms with Crippen molar-refractivity contribution in [3.8, 4) is 5.95 Å². The molecule has 3 nitrogen and oxygen atoms in total. The lowest BCUT2D eigenvalue weighted by Gasteiger charge is -1.95. The summed E-state index contributed by atoms with van der Waals surface area (Å²) in [6.07, 6.45) is 3.11. The molecule has 0 aliphatic rings. The van der Waals surface area contributed by atoms with Crippen LogP contribution in [0.4, 0.5) is 0 Å². The van der Waals surface area contributed by atoms with Crippen molar-refractivity contribution in [1.29, 1.82) is 0 Å². The van der Waals surface area contributed by atoms with Crippen LogP contribution in [0.25, 0.3) is 0 Å². The SMILES string of the molecule is C=CCC(=O)Oc1ccco1. The van der Waals surface area contributed by atoms with Gasteiger partial charge in [-0.15, -0.1) is 6.58 Å². The summed E-state index contributed by atoms with van der Waals surface area (Å²) >= 11 is 0. The van der Waals surface area contributed by atoms with Gasteiger partial charge in [0.2, 0.25) is 0 Å². The van der Waals surface area contributed by atoms with Gasteiger partial charge in [0.25, 0.3) is 5.95 Å². The van der Waals surface area contributed by atoms with Gasteiger partial charge in [-0.25, -0.2) is 0 Å². The highest BCUT2D eigenvalue weighted by atomic mass is 16.6. The van der Waals surface area contributed by atoms with E-state index in [0.717, 1.165) is 0 Å². The Morgan fingerprint density at radius 2 is 2.64 bits per heavy atom. The largest absolute Gasteiger partial charge is 0.434 e. The standard InChI is InChI=1S/C8H8O3/c1-2-4-7(9)11-8-5-3-6-10-8/h2-3,5-6H,1,4H2. The Balaban J connectivity index is 2.43. The van der Waals surface area contributed by atoms with Gasteiger partial charge < -0.3 is 9.15 Å². The Kier molecular flexibility index (Phi) is 2.49. The maximum absolute atomic E-state index is 10.8. The molecule has 0 saturated carbocycles. The van der Waals surface area contributed by atoms with Crippen LogP contribution in [-0.4, -0.2) is 5.97 Å². The van der Waals surface area contributed by atoms with Crippen molar-refractivity contribution in [3.63, 3.8) is 0 Å². The van der Waals surface area contributed by atoms with Crippen LogP contribution >= 0.6 is 0 Å². The second-order valence-electron chi connectivity index (χ2n) is 1.90. The molecule has 0 atom stereocenters. The highest BCUT2D eigenvalue weighted by Gasteiger charge is 2.02. The van der Waals surface area contributed by atoms with E-state index in [2.05, 4.69) is 6.58 Å². The lowest BCUT2D eigenvalue weighted by molar-refractivity contribution is -0.134. The summed E-state index contributed by atoms with van der Waals surface area (Å²) in [6.45, 7) is 3.40. The van der Waals surface area contributed by atoms with E-state index < -0.39 is 0 Å². The Morgan fingerprint density at radius 3 is 3.18 bits per heavy atom. The normalized spacial score (nSPS) is 9.09. The van der Waals surface area contributed by atoms with Crippen LogP contribution in [0.5, 0.6) is 5.95 Å². The molecule has 3 heteroatoms. The smallest absolute Gasteiger partial charge is 0.317 e. The Labute approximate surface area is 64.3 Å². The highest BCUT2D eigenvalue weighted by Crippen LogP contribution is 2.10. The number of hydrogen-bond donors (Lipinski definition) is 0. The average molecular weight is 152 g/mol. The molecule has 0 aromatic carbocycles. The molecule has 1 rings (SSSR count). The number of furan rings is 1. The number of rotatable bonds is 3. The van der Waals surface area contributed by atoms with Crippen molar-refractivity contribution < 1.29 is 13.9 Å². The third-order valence-corrected chi connectivity index (χ3v) is 1.02. The van der Waals surface area contributed by atoms with Gasteiger partial charge in [0.1, 0.15) is 0 Å². The van der Waals surface area contributed by atoms with Gasteiger partial charge in [-0.1, -0.05) is 6.08 Å². The maximum atomic E-state index is 10.8. The lowest BCUT2D eigenvalue weighted by Crippen LogP contribution is -2.04. The van der Waals surface area contributed by atoms with Crippen LogP contribution in [0.3, 0.4) is 0 Å². The monoisotopic (exact) mass is 152 g/mol. The summed E-state index contributed by atoms with van der Waals surface area (Å²) in [7, 11) is 0. The van der Waals surface area contributed by atoms with Crippen molar-refractivity contribution in [2.45, 2.75) is 6.42 Å². The van der Waals surface area contributed by atoms with Crippen LogP contribution in [0.15, 0.2) is 35.5 Å². The van der Waals surface area contributed by atoms with E-state index in [1.54, 1.807) is 12.1 Å². The number of esters is 1. The van der Waals surface area contributed by atoms with E-state index >= 15 is 0 Å². The van der Waals surface area contributed by atoms with E-state index in [0.29, 0.717) is 0 Å². The van der Waals surface area contributed by atoms with Crippen LogP contribution in [0.2, 0.25) is 0 Å². The Morgan fingerprint density at radius 1 is 1.82 bits per heavy atom. The lowest BCUT2D eigenvalue weighted by atomic mass is 10.4. The molecule has 0 aliphatic carbocycles. The fraction of sp³-hybridized carbons (Fsp3) is 0.125. The fourth-order valence-electron chi connectivity index (χ4n) is 0.593. The third-order valence-electron chi connectivity index (χ3n) is 1.02. The van der Waals surface area contributed by atoms with Gasteiger partial charge in [0, 0.05) is 6.07 Å². The Bertz CT molecular complexity index is 236. The quantitative estimate of drug-likeness (QED) is 0.489. The van der Waals surface area contributed by atoms with Crippen molar-refractivity contribution in [1.82, 2.24) is 0 Å². The number of carbonyl (C=O) groups is 1. The molecule has 1 heterocycles. The molecule has 0 unspecified atom stereocenters. The first-order chi connectivity index (χ1) is 5.33. The van der Waals surface area contributed by atoms with Crippen LogP contribution in [0.1, 0.15) is 6.42 Å². The molecule has 0 radical (unpaired) electrons. The van der Waals surface area contributed by atoms with E-state index in [1.807, 2.05) is 0 Å². The molecule has 1 aromatic heterocycles. The molecular formula is C8H8O3. The zero-order valence-corrected chi connectivity index (χ0v) is 5.95. The molecule has 0 bridgehead atoms. The van der Waals surface area contributed by atoms with Crippen molar-refractivity contribution >= 4 is 5.97 Å². The van der Waals surface area contributed by atoms with E-state index in [9.17, 15) is 4.79 Å². The minimum atomic E-state index is -0.366. The second-order valence-corrected chi connectivity index (χ2v) is 1.90. The summed E-state index contributed by atoms with van der Waals surface area (Å²) in [5, 5.41) is 0. The molecule has 0 spiro atoms. The number of carbonyl (C=O) groups excluding carboxylic acids is 1. The van der Waals surface area contributed by atoms with Gasteiger partial charge >= 0.3 is 5.97 Å². The predicted molar refractivity (Wildman–Crippen MR) is 39.2 cm³/mol. The van der Waals surface area contributed by atoms with Gasteiger partial charge in [-0.05, 0) is 6.07 Å². The fourth-order valence-corrected chi connectivity index (χ4v) is 0.593. The van der Waals surface area contributed by atoms with Crippen LogP contribution < -0.4 is 4.74 Å². The van der Waals surface area contributed by atoms with E-state index in [4.69, 9.17) is 9.15 Å². The summed E-state index contributed by atoms with van der Waals surface area (Å²) in [5.74, 6) is -0.146. The molecule has 1 aromatic rings. The molecule has 0 fully saturated rings. The van der Waals surface area contributed by atoms with E-state index in [-0.39, 0.29) is 18.3 Å². The first-order valence-electron chi connectivity index (χ1n) is 3.18. The summed E-state index contributed by atoms with van der Waals surface area (Å²) in [4.78, 5) is 10.8. The predicted octanol–water partition coefficient (Wildman–Crippen LogP) is 1.76. The molecule has 58 valence electrons. The first kappa shape index (κ1) is 7.60. The summed E-state index contributed by atoms with van der Waals surface area (Å²) in [6, 6.07) is 3.22. The van der Waals surface area contributed by atoms with Crippen molar-refractivity contribution in [2.24, 2.45) is 0 Å². The Hall–Kier alpha value is -1.51. The third kappa shape index (κ3) is 2.29. The number of hydrogen-bond acceptors (Lipinski definition) is 3. The maximum Gasteiger partial charge on any atom is 0.317 e. The molecule has 0 saturated heterocycles. The zero-order chi connectivity index (χ0) is 8.10. The number of ether oxygens (including phenoxy) is 1. The van der Waals surface area contributed by atoms with E-state index in [1.165, 1.54) is 12.3 Å². The van der Waals surface area contributed by atoms with Gasteiger partial charge in [-0.3, -0.25) is 4.79 Å². The minimum absolute atomic E-state index is 0.195. The molecule has 0 aliphatic heterocycles. The minimum Gasteiger partial charge on any atom is -0.434 e. The summed E-state index contributed by atoms with van der Waals surface area (Å²) < 4.78 is 9.49. The van der Waals surface area contributed by atoms with Gasteiger partial charge in [0.05, 0.1) is 12.7 Å². The summed E-state index contributed by atoms with van der Waals surface area (Å²) in [5.41, 5.74) is 0. The molecule has 0 amide bonds. The topological polar surface area (TPSA) is 39.4 Å². The molecular weight excluding hydrogens is 144 g/mol. The second kappa shape index (κ2) is 3.61. The van der Waals surface area contributed by atoms with Crippen molar-refractivity contribution in [2.75, 3.05) is 0 Å². The van der Waals surface area contributed by atoms with Crippen LogP contribution in [0, 0.1) is 0 Å². The highest BCUT2D eigenvalue weighted by molar-refractivity contribution is 5.73. The van der Waals surface area contributed by atoms with Crippen LogP contribution in [-0.2, 0) is 4.79 Å². The molecule has 11 heavy (non-hydrogen) atoms. The zero-order valence-electron chi connectivity index (χ0n) is 5.95. The van der Waals surface area contributed by atoms with Gasteiger partial charge in [0.15, 0.2) is 0 Å².